The van der Waals surface area contributed by atoms with Crippen LogP contribution in [0.4, 0.5) is 4.79 Å². The van der Waals surface area contributed by atoms with Gasteiger partial charge < -0.3 is 9.64 Å². The van der Waals surface area contributed by atoms with Crippen molar-refractivity contribution in [3.63, 3.8) is 0 Å². The highest BCUT2D eigenvalue weighted by Crippen LogP contribution is 2.44. The van der Waals surface area contributed by atoms with E-state index in [4.69, 9.17) is 4.74 Å². The molecule has 0 saturated carbocycles. The molecule has 1 saturated heterocycles. The Kier molecular flexibility index (Phi) is 6.25. The van der Waals surface area contributed by atoms with Gasteiger partial charge in [-0.3, -0.25) is 4.79 Å². The van der Waals surface area contributed by atoms with Crippen LogP contribution in [0.1, 0.15) is 50.8 Å². The zero-order valence-corrected chi connectivity index (χ0v) is 19.6. The summed E-state index contributed by atoms with van der Waals surface area (Å²) < 4.78 is 6.15. The molecule has 0 bridgehead atoms. The summed E-state index contributed by atoms with van der Waals surface area (Å²) in [5.74, 6) is 0. The van der Waals surface area contributed by atoms with Crippen LogP contribution in [-0.4, -0.2) is 27.7 Å². The molecule has 0 spiro atoms. The third-order valence-corrected chi connectivity index (χ3v) is 6.44. The van der Waals surface area contributed by atoms with E-state index in [2.05, 4.69) is 16.3 Å². The molecule has 1 aromatic heterocycles. The van der Waals surface area contributed by atoms with Gasteiger partial charge >= 0.3 is 6.09 Å². The number of amides is 1. The van der Waals surface area contributed by atoms with Gasteiger partial charge in [0.25, 0.3) is 5.56 Å². The number of benzene rings is 2. The van der Waals surface area contributed by atoms with E-state index < -0.39 is 11.0 Å². The molecule has 1 fully saturated rings. The summed E-state index contributed by atoms with van der Waals surface area (Å²) in [5.41, 5.74) is 1.69. The van der Waals surface area contributed by atoms with Crippen molar-refractivity contribution in [3.05, 3.63) is 88.2 Å². The summed E-state index contributed by atoms with van der Waals surface area (Å²) in [6, 6.07) is 22.7. The van der Waals surface area contributed by atoms with Crippen LogP contribution in [0.25, 0.3) is 11.3 Å². The third-order valence-electron chi connectivity index (χ3n) is 6.44. The maximum absolute atomic E-state index is 13.3. The van der Waals surface area contributed by atoms with Crippen molar-refractivity contribution in [2.75, 3.05) is 6.54 Å². The highest BCUT2D eigenvalue weighted by atomic mass is 16.6. The maximum Gasteiger partial charge on any atom is 0.411 e. The van der Waals surface area contributed by atoms with Gasteiger partial charge in [-0.2, -0.15) is 10.4 Å². The van der Waals surface area contributed by atoms with Crippen LogP contribution in [0.5, 0.6) is 0 Å². The molecule has 2 heterocycles. The fourth-order valence-corrected chi connectivity index (χ4v) is 4.56. The fourth-order valence-electron chi connectivity index (χ4n) is 4.56. The summed E-state index contributed by atoms with van der Waals surface area (Å²) >= 11 is 0. The number of nitrogens with one attached hydrogen (secondary N) is 1. The second kappa shape index (κ2) is 9.14. The van der Waals surface area contributed by atoms with Gasteiger partial charge in [-0.25, -0.2) is 9.89 Å². The van der Waals surface area contributed by atoms with Gasteiger partial charge in [0.05, 0.1) is 23.2 Å². The molecule has 0 radical (unpaired) electrons. The van der Waals surface area contributed by atoms with Gasteiger partial charge in [0.1, 0.15) is 5.60 Å². The average molecular weight is 457 g/mol. The summed E-state index contributed by atoms with van der Waals surface area (Å²) in [6.45, 7) is 6.24. The Morgan fingerprint density at radius 2 is 1.82 bits per heavy atom. The second-order valence-electron chi connectivity index (χ2n) is 9.45. The van der Waals surface area contributed by atoms with Gasteiger partial charge in [-0.15, -0.1) is 0 Å². The van der Waals surface area contributed by atoms with Crippen LogP contribution in [0, 0.1) is 16.7 Å². The zero-order chi connectivity index (χ0) is 24.3. The number of carbonyl (C=O) groups is 1. The predicted molar refractivity (Wildman–Crippen MR) is 129 cm³/mol. The van der Waals surface area contributed by atoms with Crippen LogP contribution in [0.3, 0.4) is 0 Å². The topological polar surface area (TPSA) is 99.1 Å². The van der Waals surface area contributed by atoms with Crippen molar-refractivity contribution >= 4 is 6.09 Å². The Bertz CT molecular complexity index is 1240. The summed E-state index contributed by atoms with van der Waals surface area (Å²) in [7, 11) is 0. The smallest absolute Gasteiger partial charge is 0.411 e. The van der Waals surface area contributed by atoms with Crippen LogP contribution < -0.4 is 5.56 Å². The number of nitriles is 1. The highest BCUT2D eigenvalue weighted by molar-refractivity contribution is 5.70. The first-order valence-electron chi connectivity index (χ1n) is 11.4. The summed E-state index contributed by atoms with van der Waals surface area (Å²) in [6.07, 6.45) is 0.634. The van der Waals surface area contributed by atoms with Crippen molar-refractivity contribution in [2.45, 2.75) is 45.3 Å². The first-order valence-corrected chi connectivity index (χ1v) is 11.4. The SMILES string of the molecule is C[C@@H](c1ccc(-c2ccc(=O)[nH]n2)cc1)N1CC[C@@](CC(C)(C)C#N)(c2ccccc2)OC1=O. The zero-order valence-electron chi connectivity index (χ0n) is 19.6. The van der Waals surface area contributed by atoms with Crippen LogP contribution >= 0.6 is 0 Å². The van der Waals surface area contributed by atoms with Crippen LogP contribution in [0.2, 0.25) is 0 Å². The lowest BCUT2D eigenvalue weighted by atomic mass is 9.75. The van der Waals surface area contributed by atoms with E-state index >= 15 is 0 Å². The molecule has 1 aliphatic heterocycles. The first kappa shape index (κ1) is 23.2. The third kappa shape index (κ3) is 4.72. The first-order chi connectivity index (χ1) is 16.2. The minimum absolute atomic E-state index is 0.192. The molecule has 0 aliphatic carbocycles. The van der Waals surface area contributed by atoms with Gasteiger partial charge in [0, 0.05) is 31.0 Å². The number of ether oxygens (including phenoxy) is 1. The Hall–Kier alpha value is -3.92. The Labute approximate surface area is 199 Å². The van der Waals surface area contributed by atoms with Crippen LogP contribution in [-0.2, 0) is 10.3 Å². The molecule has 7 heteroatoms. The lowest BCUT2D eigenvalue weighted by molar-refractivity contribution is -0.0770. The summed E-state index contributed by atoms with van der Waals surface area (Å²) in [5, 5.41) is 16.1. The molecule has 2 aromatic carbocycles. The van der Waals surface area contributed by atoms with Gasteiger partial charge in [-0.05, 0) is 38.0 Å². The van der Waals surface area contributed by atoms with E-state index in [0.29, 0.717) is 25.1 Å². The molecule has 1 N–H and O–H groups in total. The molecule has 0 unspecified atom stereocenters. The van der Waals surface area contributed by atoms with E-state index in [1.807, 2.05) is 75.4 Å². The standard InChI is InChI=1S/C27H28N4O3/c1-19(20-9-11-21(12-10-20)23-13-14-24(32)30-29-23)31-16-15-27(34-25(31)33,17-26(2,3)18-28)22-7-5-4-6-8-22/h4-14,19H,15-17H2,1-3H3,(H,30,32)/t19-,27+/m0/s1. The number of H-pyrrole nitrogens is 1. The predicted octanol–water partition coefficient (Wildman–Crippen LogP) is 5.18. The van der Waals surface area contributed by atoms with Crippen molar-refractivity contribution in [1.29, 1.82) is 5.26 Å². The molecule has 1 amide bonds. The van der Waals surface area contributed by atoms with E-state index in [1.54, 1.807) is 11.0 Å². The van der Waals surface area contributed by atoms with E-state index in [-0.39, 0.29) is 17.7 Å². The van der Waals surface area contributed by atoms with Gasteiger partial charge in [-0.1, -0.05) is 54.6 Å². The second-order valence-corrected chi connectivity index (χ2v) is 9.45. The van der Waals surface area contributed by atoms with Gasteiger partial charge in [0.2, 0.25) is 0 Å². The molecule has 2 atom stereocenters. The van der Waals surface area contributed by atoms with Crippen molar-refractivity contribution in [3.8, 4) is 17.3 Å². The Balaban J connectivity index is 1.55. The van der Waals surface area contributed by atoms with Crippen molar-refractivity contribution < 1.29 is 9.53 Å². The average Bonchev–Trinajstić information content (AvgIpc) is 2.85. The van der Waals surface area contributed by atoms with Crippen LogP contribution in [0.15, 0.2) is 71.5 Å². The molecular weight excluding hydrogens is 428 g/mol. The fraction of sp³-hybridized carbons (Fsp3) is 0.333. The van der Waals surface area contributed by atoms with Gasteiger partial charge in [0.15, 0.2) is 0 Å². The number of cyclic esters (lactones) is 1. The number of rotatable bonds is 6. The number of carbonyl (C=O) groups excluding carboxylic acids is 1. The molecule has 7 nitrogen and oxygen atoms in total. The molecule has 1 aliphatic rings. The number of nitrogens with zero attached hydrogens (tertiary/aromatic N) is 3. The Morgan fingerprint density at radius 1 is 1.12 bits per heavy atom. The van der Waals surface area contributed by atoms with Crippen molar-refractivity contribution in [1.82, 2.24) is 15.1 Å². The number of hydrogen-bond donors (Lipinski definition) is 1. The molecule has 4 rings (SSSR count). The molecule has 3 aromatic rings. The molecular formula is C27H28N4O3. The van der Waals surface area contributed by atoms with E-state index in [1.165, 1.54) is 6.07 Å². The number of aromatic amines is 1. The minimum Gasteiger partial charge on any atom is -0.438 e. The largest absolute Gasteiger partial charge is 0.438 e. The Morgan fingerprint density at radius 3 is 2.41 bits per heavy atom. The van der Waals surface area contributed by atoms with Crippen molar-refractivity contribution in [2.24, 2.45) is 5.41 Å². The lowest BCUT2D eigenvalue weighted by Crippen LogP contribution is -2.50. The quantitative estimate of drug-likeness (QED) is 0.551. The molecule has 34 heavy (non-hydrogen) atoms. The lowest BCUT2D eigenvalue weighted by Gasteiger charge is -2.45. The maximum atomic E-state index is 13.3. The normalized spacial score (nSPS) is 19.2. The summed E-state index contributed by atoms with van der Waals surface area (Å²) in [4.78, 5) is 26.2. The molecule has 174 valence electrons. The van der Waals surface area contributed by atoms with E-state index in [0.717, 1.165) is 16.7 Å². The number of aromatic nitrogens is 2. The highest BCUT2D eigenvalue weighted by Gasteiger charge is 2.46. The van der Waals surface area contributed by atoms with E-state index in [9.17, 15) is 14.9 Å². The monoisotopic (exact) mass is 456 g/mol. The number of hydrogen-bond acceptors (Lipinski definition) is 5. The minimum atomic E-state index is -0.840.